The summed E-state index contributed by atoms with van der Waals surface area (Å²) in [6.07, 6.45) is 0. The fourth-order valence-corrected chi connectivity index (χ4v) is 5.15. The van der Waals surface area contributed by atoms with Crippen LogP contribution in [0, 0.1) is 0 Å². The minimum atomic E-state index is -0.809. The number of hydrogen-bond acceptors (Lipinski definition) is 6. The van der Waals surface area contributed by atoms with Crippen molar-refractivity contribution in [1.82, 2.24) is 9.97 Å². The molecule has 32 heavy (non-hydrogen) atoms. The second kappa shape index (κ2) is 7.92. The lowest BCUT2D eigenvalue weighted by atomic mass is 10.00. The maximum Gasteiger partial charge on any atom is 0.302 e. The number of benzene rings is 2. The van der Waals surface area contributed by atoms with Gasteiger partial charge in [0, 0.05) is 10.4 Å². The number of halogens is 1. The van der Waals surface area contributed by atoms with Gasteiger partial charge in [0.05, 0.1) is 28.2 Å². The van der Waals surface area contributed by atoms with E-state index in [1.165, 1.54) is 23.3 Å². The molecule has 160 valence electrons. The van der Waals surface area contributed by atoms with Gasteiger partial charge in [0.15, 0.2) is 0 Å². The van der Waals surface area contributed by atoms with Gasteiger partial charge < -0.3 is 14.8 Å². The van der Waals surface area contributed by atoms with E-state index in [1.54, 1.807) is 18.2 Å². The fourth-order valence-electron chi connectivity index (χ4n) is 3.79. The van der Waals surface area contributed by atoms with Gasteiger partial charge in [0.1, 0.15) is 17.6 Å². The third-order valence-corrected chi connectivity index (χ3v) is 6.83. The smallest absolute Gasteiger partial charge is 0.302 e. The minimum Gasteiger partial charge on any atom is -0.507 e. The Balaban J connectivity index is 1.70. The average molecular weight is 510 g/mol. The first-order chi connectivity index (χ1) is 15.5. The topological polar surface area (TPSA) is 95.5 Å². The van der Waals surface area contributed by atoms with Crippen molar-refractivity contribution >= 4 is 61.7 Å². The summed E-state index contributed by atoms with van der Waals surface area (Å²) in [6.45, 7) is 0. The predicted molar refractivity (Wildman–Crippen MR) is 126 cm³/mol. The molecule has 0 aliphatic carbocycles. The molecule has 2 aromatic carbocycles. The molecule has 1 aliphatic rings. The van der Waals surface area contributed by atoms with Crippen LogP contribution in [0.1, 0.15) is 16.5 Å². The van der Waals surface area contributed by atoms with Crippen LogP contribution in [0.3, 0.4) is 0 Å². The lowest BCUT2D eigenvalue weighted by molar-refractivity contribution is -0.132. The molecular formula is C23H16BrN3O4S. The molecule has 1 unspecified atom stereocenters. The Kier molecular flexibility index (Phi) is 5.07. The molecular weight excluding hydrogens is 494 g/mol. The van der Waals surface area contributed by atoms with E-state index >= 15 is 0 Å². The van der Waals surface area contributed by atoms with Gasteiger partial charge in [0.25, 0.3) is 5.78 Å². The van der Waals surface area contributed by atoms with Gasteiger partial charge in [-0.2, -0.15) is 0 Å². The molecule has 2 N–H and O–H groups in total. The highest BCUT2D eigenvalue weighted by Crippen LogP contribution is 2.43. The zero-order valence-electron chi connectivity index (χ0n) is 16.7. The number of carbonyl (C=O) groups is 2. The van der Waals surface area contributed by atoms with Crippen molar-refractivity contribution in [2.75, 3.05) is 12.0 Å². The lowest BCUT2D eigenvalue weighted by Crippen LogP contribution is -2.30. The van der Waals surface area contributed by atoms with Gasteiger partial charge in [-0.3, -0.25) is 14.5 Å². The van der Waals surface area contributed by atoms with Crippen molar-refractivity contribution in [3.05, 3.63) is 80.5 Å². The number of thiophene rings is 1. The van der Waals surface area contributed by atoms with Crippen molar-refractivity contribution in [2.24, 2.45) is 0 Å². The average Bonchev–Trinajstić information content (AvgIpc) is 3.52. The number of amides is 1. The van der Waals surface area contributed by atoms with Crippen LogP contribution in [0.4, 0.5) is 5.95 Å². The molecule has 7 nitrogen and oxygen atoms in total. The number of nitrogens with zero attached hydrogens (tertiary/aromatic N) is 2. The lowest BCUT2D eigenvalue weighted by Gasteiger charge is -2.21. The zero-order chi connectivity index (χ0) is 22.4. The number of H-pyrrole nitrogens is 1. The molecule has 0 spiro atoms. The van der Waals surface area contributed by atoms with Crippen LogP contribution in [-0.2, 0) is 9.59 Å². The van der Waals surface area contributed by atoms with Crippen LogP contribution in [-0.4, -0.2) is 33.9 Å². The van der Waals surface area contributed by atoms with Crippen LogP contribution in [0.25, 0.3) is 16.8 Å². The number of Topliss-reactive ketones (excluding diaryl/α,β-unsaturated/α-hetero) is 1. The minimum absolute atomic E-state index is 0.00923. The number of nitrogens with one attached hydrogen (secondary N) is 1. The highest BCUT2D eigenvalue weighted by molar-refractivity contribution is 9.10. The quantitative estimate of drug-likeness (QED) is 0.228. The van der Waals surface area contributed by atoms with E-state index < -0.39 is 17.7 Å². The summed E-state index contributed by atoms with van der Waals surface area (Å²) in [5.41, 5.74) is 1.82. The number of aromatic nitrogens is 2. The normalized spacial score (nSPS) is 17.9. The predicted octanol–water partition coefficient (Wildman–Crippen LogP) is 5.02. The summed E-state index contributed by atoms with van der Waals surface area (Å²) in [7, 11) is 1.54. The highest BCUT2D eigenvalue weighted by atomic mass is 79.9. The van der Waals surface area contributed by atoms with E-state index in [0.29, 0.717) is 21.3 Å². The van der Waals surface area contributed by atoms with Crippen molar-refractivity contribution in [1.29, 1.82) is 0 Å². The van der Waals surface area contributed by atoms with Gasteiger partial charge in [-0.1, -0.05) is 18.2 Å². The van der Waals surface area contributed by atoms with Gasteiger partial charge in [-0.25, -0.2) is 4.98 Å². The van der Waals surface area contributed by atoms with E-state index in [4.69, 9.17) is 4.74 Å². The molecule has 0 bridgehead atoms. The Morgan fingerprint density at radius 3 is 2.69 bits per heavy atom. The van der Waals surface area contributed by atoms with Crippen LogP contribution in [0.5, 0.6) is 5.75 Å². The summed E-state index contributed by atoms with van der Waals surface area (Å²) in [4.78, 5) is 36.0. The molecule has 1 aliphatic heterocycles. The second-order valence-electron chi connectivity index (χ2n) is 7.11. The molecule has 0 radical (unpaired) electrons. The van der Waals surface area contributed by atoms with Gasteiger partial charge in [0.2, 0.25) is 5.95 Å². The number of aliphatic hydroxyl groups excluding tert-OH is 1. The van der Waals surface area contributed by atoms with E-state index in [0.717, 1.165) is 10.4 Å². The van der Waals surface area contributed by atoms with E-state index in [-0.39, 0.29) is 17.3 Å². The number of aromatic amines is 1. The van der Waals surface area contributed by atoms with Crippen molar-refractivity contribution in [3.63, 3.8) is 0 Å². The van der Waals surface area contributed by atoms with Gasteiger partial charge >= 0.3 is 5.91 Å². The monoisotopic (exact) mass is 509 g/mol. The molecule has 2 aromatic heterocycles. The van der Waals surface area contributed by atoms with Gasteiger partial charge in [-0.15, -0.1) is 11.3 Å². The van der Waals surface area contributed by atoms with Crippen molar-refractivity contribution in [2.45, 2.75) is 6.04 Å². The number of ether oxygens (including phenoxy) is 1. The van der Waals surface area contributed by atoms with Crippen LogP contribution < -0.4 is 9.64 Å². The number of para-hydroxylation sites is 2. The maximum atomic E-state index is 13.2. The summed E-state index contributed by atoms with van der Waals surface area (Å²) in [6, 6.07) is 15.2. The first-order valence-electron chi connectivity index (χ1n) is 9.62. The zero-order valence-corrected chi connectivity index (χ0v) is 19.1. The molecule has 1 saturated heterocycles. The maximum absolute atomic E-state index is 13.2. The third kappa shape index (κ3) is 3.21. The van der Waals surface area contributed by atoms with Crippen molar-refractivity contribution < 1.29 is 19.4 Å². The third-order valence-electron chi connectivity index (χ3n) is 5.29. The SMILES string of the molecule is COc1ccc(/C(O)=C2\C(=O)C(=O)N(c3nc4ccccc4[nH]3)C2c2cccs2)cc1Br. The molecule has 1 atom stereocenters. The molecule has 4 aromatic rings. The van der Waals surface area contributed by atoms with Crippen molar-refractivity contribution in [3.8, 4) is 5.75 Å². The molecule has 5 rings (SSSR count). The number of carbonyl (C=O) groups excluding carboxylic acids is 2. The Bertz CT molecular complexity index is 1360. The van der Waals surface area contributed by atoms with Crippen LogP contribution >= 0.6 is 27.3 Å². The fraction of sp³-hybridized carbons (Fsp3) is 0.0870. The summed E-state index contributed by atoms with van der Waals surface area (Å²) in [5, 5.41) is 13.0. The number of ketones is 1. The summed E-state index contributed by atoms with van der Waals surface area (Å²) >= 11 is 4.79. The number of methoxy groups -OCH3 is 1. The number of anilines is 1. The largest absolute Gasteiger partial charge is 0.507 e. The Hall–Kier alpha value is -3.43. The van der Waals surface area contributed by atoms with Crippen LogP contribution in [0.15, 0.2) is 70.0 Å². The first kappa shape index (κ1) is 20.5. The number of hydrogen-bond donors (Lipinski definition) is 2. The standard InChI is InChI=1S/C23H16BrN3O4S/c1-31-16-9-8-12(11-13(16)24)20(28)18-19(17-7-4-10-32-17)27(22(30)21(18)29)23-25-14-5-2-3-6-15(14)26-23/h2-11,19,28H,1H3,(H,25,26)/b20-18+. The Labute approximate surface area is 195 Å². The Morgan fingerprint density at radius 2 is 2.00 bits per heavy atom. The first-order valence-corrected chi connectivity index (χ1v) is 11.3. The molecule has 1 fully saturated rings. The second-order valence-corrected chi connectivity index (χ2v) is 8.95. The number of rotatable bonds is 4. The number of fused-ring (bicyclic) bond motifs is 1. The number of imidazole rings is 1. The molecule has 9 heteroatoms. The van der Waals surface area contributed by atoms with Gasteiger partial charge in [-0.05, 0) is 57.7 Å². The Morgan fingerprint density at radius 1 is 1.19 bits per heavy atom. The highest BCUT2D eigenvalue weighted by Gasteiger charge is 2.48. The number of aliphatic hydroxyl groups is 1. The van der Waals surface area contributed by atoms with E-state index in [1.807, 2.05) is 41.8 Å². The van der Waals surface area contributed by atoms with E-state index in [2.05, 4.69) is 25.9 Å². The molecule has 3 heterocycles. The molecule has 1 amide bonds. The molecule has 0 saturated carbocycles. The summed E-state index contributed by atoms with van der Waals surface area (Å²) < 4.78 is 5.86. The summed E-state index contributed by atoms with van der Waals surface area (Å²) in [5.74, 6) is -0.950. The van der Waals surface area contributed by atoms with Crippen LogP contribution in [0.2, 0.25) is 0 Å². The van der Waals surface area contributed by atoms with E-state index in [9.17, 15) is 14.7 Å².